The molecule has 2 heterocycles. The van der Waals surface area contributed by atoms with Gasteiger partial charge in [-0.15, -0.1) is 0 Å². The summed E-state index contributed by atoms with van der Waals surface area (Å²) in [4.78, 5) is 33.4. The molecule has 4 rings (SSSR count). The minimum atomic E-state index is -0.419. The molecule has 1 amide bonds. The quantitative estimate of drug-likeness (QED) is 0.395. The van der Waals surface area contributed by atoms with E-state index in [9.17, 15) is 9.59 Å². The first-order chi connectivity index (χ1) is 17.6. The molecule has 2 atom stereocenters. The normalized spacial score (nSPS) is 18.6. The van der Waals surface area contributed by atoms with Gasteiger partial charge in [-0.25, -0.2) is 9.78 Å². The third-order valence-electron chi connectivity index (χ3n) is 6.89. The number of benzene rings is 2. The van der Waals surface area contributed by atoms with Gasteiger partial charge in [0, 0.05) is 29.5 Å². The number of nitrogens with zero attached hydrogens (tertiary/aromatic N) is 3. The zero-order valence-electron chi connectivity index (χ0n) is 22.2. The third kappa shape index (κ3) is 6.99. The molecule has 3 aromatic rings. The van der Waals surface area contributed by atoms with E-state index in [1.54, 1.807) is 0 Å². The van der Waals surface area contributed by atoms with Gasteiger partial charge < -0.3 is 15.0 Å². The average Bonchev–Trinajstić information content (AvgIpc) is 2.85. The number of nitrogens with one attached hydrogen (secondary N) is 1. The van der Waals surface area contributed by atoms with Crippen molar-refractivity contribution < 1.29 is 9.53 Å². The van der Waals surface area contributed by atoms with Crippen molar-refractivity contribution in [1.82, 2.24) is 19.8 Å². The van der Waals surface area contributed by atoms with Crippen molar-refractivity contribution >= 4 is 32.9 Å². The number of fused-ring (bicyclic) bond motifs is 1. The molecule has 2 aromatic carbocycles. The highest BCUT2D eigenvalue weighted by molar-refractivity contribution is 9.10. The SMILES string of the molecule is CN1CCCC(c2nc3cc(Br)ccc3c(=O)n2CC(C)(C)C)C1CCNC(=O)OCc1ccccc1. The molecule has 1 saturated heterocycles. The summed E-state index contributed by atoms with van der Waals surface area (Å²) in [5, 5.41) is 3.55. The van der Waals surface area contributed by atoms with Crippen LogP contribution >= 0.6 is 15.9 Å². The molecule has 0 saturated carbocycles. The van der Waals surface area contributed by atoms with Crippen molar-refractivity contribution in [3.63, 3.8) is 0 Å². The maximum Gasteiger partial charge on any atom is 0.407 e. The molecule has 37 heavy (non-hydrogen) atoms. The van der Waals surface area contributed by atoms with E-state index in [1.807, 2.05) is 53.1 Å². The Hall–Kier alpha value is -2.71. The number of likely N-dealkylation sites (N-methyl/N-ethyl adjacent to an activating group) is 1. The number of rotatable bonds is 7. The van der Waals surface area contributed by atoms with Crippen LogP contribution in [0, 0.1) is 5.41 Å². The minimum absolute atomic E-state index is 0.0111. The first kappa shape index (κ1) is 27.3. The molecular formula is C29H37BrN4O3. The summed E-state index contributed by atoms with van der Waals surface area (Å²) in [5.41, 5.74) is 1.60. The van der Waals surface area contributed by atoms with Gasteiger partial charge >= 0.3 is 6.09 Å². The predicted molar refractivity (Wildman–Crippen MR) is 151 cm³/mol. The Kier molecular flexibility index (Phi) is 8.70. The van der Waals surface area contributed by atoms with Gasteiger partial charge in [-0.2, -0.15) is 0 Å². The van der Waals surface area contributed by atoms with Gasteiger partial charge in [-0.1, -0.05) is 67.0 Å². The van der Waals surface area contributed by atoms with Crippen LogP contribution in [0.5, 0.6) is 0 Å². The van der Waals surface area contributed by atoms with E-state index in [2.05, 4.69) is 54.0 Å². The molecule has 1 aromatic heterocycles. The van der Waals surface area contributed by atoms with Gasteiger partial charge in [0.05, 0.1) is 10.9 Å². The summed E-state index contributed by atoms with van der Waals surface area (Å²) in [7, 11) is 2.12. The standard InChI is InChI=1S/C29H37BrN4O3/c1-29(2,3)19-34-26(32-24-17-21(30)12-13-22(24)27(34)35)23-11-8-16-33(4)25(23)14-15-31-28(36)37-18-20-9-6-5-7-10-20/h5-7,9-10,12-13,17,23,25H,8,11,14-16,18-19H2,1-4H3,(H,31,36). The molecule has 0 bridgehead atoms. The Balaban J connectivity index is 1.55. The van der Waals surface area contributed by atoms with Gasteiger partial charge in [-0.05, 0) is 62.0 Å². The number of carbonyl (C=O) groups is 1. The fraction of sp³-hybridized carbons (Fsp3) is 0.483. The number of hydrogen-bond donors (Lipinski definition) is 1. The van der Waals surface area contributed by atoms with Crippen LogP contribution in [-0.2, 0) is 17.9 Å². The van der Waals surface area contributed by atoms with Crippen molar-refractivity contribution in [3.8, 4) is 0 Å². The first-order valence-electron chi connectivity index (χ1n) is 13.0. The van der Waals surface area contributed by atoms with E-state index >= 15 is 0 Å². The van der Waals surface area contributed by atoms with Gasteiger partial charge in [0.25, 0.3) is 5.56 Å². The van der Waals surface area contributed by atoms with Crippen molar-refractivity contribution in [1.29, 1.82) is 0 Å². The molecule has 1 N–H and O–H groups in total. The van der Waals surface area contributed by atoms with Crippen molar-refractivity contribution in [2.75, 3.05) is 20.1 Å². The van der Waals surface area contributed by atoms with Crippen LogP contribution in [0.25, 0.3) is 10.9 Å². The molecule has 2 unspecified atom stereocenters. The van der Waals surface area contributed by atoms with Crippen LogP contribution in [0.3, 0.4) is 0 Å². The summed E-state index contributed by atoms with van der Waals surface area (Å²) in [6.45, 7) is 8.73. The highest BCUT2D eigenvalue weighted by Gasteiger charge is 2.34. The predicted octanol–water partition coefficient (Wildman–Crippen LogP) is 5.70. The summed E-state index contributed by atoms with van der Waals surface area (Å²) in [6, 6.07) is 15.5. The second-order valence-electron chi connectivity index (χ2n) is 11.2. The lowest BCUT2D eigenvalue weighted by Crippen LogP contribution is -2.46. The number of halogens is 1. The van der Waals surface area contributed by atoms with E-state index in [1.165, 1.54) is 0 Å². The lowest BCUT2D eigenvalue weighted by atomic mass is 9.85. The molecule has 1 aliphatic heterocycles. The Morgan fingerprint density at radius 1 is 1.19 bits per heavy atom. The van der Waals surface area contributed by atoms with E-state index in [-0.39, 0.29) is 29.5 Å². The van der Waals surface area contributed by atoms with Gasteiger partial charge in [-0.3, -0.25) is 9.36 Å². The maximum absolute atomic E-state index is 13.7. The number of aromatic nitrogens is 2. The molecule has 0 spiro atoms. The van der Waals surface area contributed by atoms with Crippen molar-refractivity contribution in [2.24, 2.45) is 5.41 Å². The zero-order valence-corrected chi connectivity index (χ0v) is 23.8. The molecule has 1 fully saturated rings. The van der Waals surface area contributed by atoms with Crippen LogP contribution in [-0.4, -0.2) is 46.7 Å². The van der Waals surface area contributed by atoms with E-state index in [0.29, 0.717) is 24.0 Å². The molecule has 8 heteroatoms. The van der Waals surface area contributed by atoms with E-state index in [0.717, 1.165) is 41.7 Å². The first-order valence-corrected chi connectivity index (χ1v) is 13.8. The van der Waals surface area contributed by atoms with Crippen LogP contribution in [0.15, 0.2) is 57.8 Å². The number of hydrogen-bond acceptors (Lipinski definition) is 5. The highest BCUT2D eigenvalue weighted by Crippen LogP contribution is 2.34. The van der Waals surface area contributed by atoms with Crippen molar-refractivity contribution in [3.05, 3.63) is 74.7 Å². The molecule has 0 aliphatic carbocycles. The van der Waals surface area contributed by atoms with Gasteiger partial charge in [0.15, 0.2) is 0 Å². The number of ether oxygens (including phenoxy) is 1. The summed E-state index contributed by atoms with van der Waals surface area (Å²) < 4.78 is 8.18. The number of amides is 1. The van der Waals surface area contributed by atoms with Crippen LogP contribution < -0.4 is 10.9 Å². The summed E-state index contributed by atoms with van der Waals surface area (Å²) in [5.74, 6) is 0.924. The second kappa shape index (κ2) is 11.8. The number of carbonyl (C=O) groups excluding carboxylic acids is 1. The summed E-state index contributed by atoms with van der Waals surface area (Å²) in [6.07, 6.45) is 2.30. The molecule has 198 valence electrons. The monoisotopic (exact) mass is 568 g/mol. The lowest BCUT2D eigenvalue weighted by molar-refractivity contribution is 0.128. The minimum Gasteiger partial charge on any atom is -0.445 e. The van der Waals surface area contributed by atoms with Crippen molar-refractivity contribution in [2.45, 2.75) is 65.1 Å². The second-order valence-corrected chi connectivity index (χ2v) is 12.1. The van der Waals surface area contributed by atoms with E-state index < -0.39 is 6.09 Å². The maximum atomic E-state index is 13.7. The number of alkyl carbamates (subject to hydrolysis) is 1. The zero-order chi connectivity index (χ0) is 26.6. The smallest absolute Gasteiger partial charge is 0.407 e. The Morgan fingerprint density at radius 2 is 1.95 bits per heavy atom. The summed E-state index contributed by atoms with van der Waals surface area (Å²) >= 11 is 3.53. The lowest BCUT2D eigenvalue weighted by Gasteiger charge is -2.40. The largest absolute Gasteiger partial charge is 0.445 e. The molecule has 0 radical (unpaired) electrons. The fourth-order valence-corrected chi connectivity index (χ4v) is 5.52. The van der Waals surface area contributed by atoms with Gasteiger partial charge in [0.2, 0.25) is 0 Å². The van der Waals surface area contributed by atoms with Crippen LogP contribution in [0.4, 0.5) is 4.79 Å². The molecular weight excluding hydrogens is 532 g/mol. The fourth-order valence-electron chi connectivity index (χ4n) is 5.17. The topological polar surface area (TPSA) is 76.5 Å². The van der Waals surface area contributed by atoms with Crippen LogP contribution in [0.1, 0.15) is 57.3 Å². The van der Waals surface area contributed by atoms with Gasteiger partial charge in [0.1, 0.15) is 12.4 Å². The Morgan fingerprint density at radius 3 is 2.68 bits per heavy atom. The van der Waals surface area contributed by atoms with Crippen LogP contribution in [0.2, 0.25) is 0 Å². The average molecular weight is 570 g/mol. The number of likely N-dealkylation sites (tertiary alicyclic amines) is 1. The highest BCUT2D eigenvalue weighted by atomic mass is 79.9. The Labute approximate surface area is 227 Å². The Bertz CT molecular complexity index is 1290. The van der Waals surface area contributed by atoms with E-state index in [4.69, 9.17) is 9.72 Å². The molecule has 1 aliphatic rings. The third-order valence-corrected chi connectivity index (χ3v) is 7.38. The number of piperidine rings is 1. The molecule has 7 nitrogen and oxygen atoms in total.